The summed E-state index contributed by atoms with van der Waals surface area (Å²) in [6.45, 7) is 1.93. The van der Waals surface area contributed by atoms with Crippen molar-refractivity contribution in [3.63, 3.8) is 0 Å². The van der Waals surface area contributed by atoms with Crippen LogP contribution in [0.25, 0.3) is 0 Å². The van der Waals surface area contributed by atoms with Crippen molar-refractivity contribution in [3.05, 3.63) is 60.1 Å². The lowest BCUT2D eigenvalue weighted by Gasteiger charge is -2.12. The quantitative estimate of drug-likeness (QED) is 0.761. The topological polar surface area (TPSA) is 59.3 Å². The molecule has 2 aromatic rings. The fraction of sp³-hybridized carbons (Fsp3) is 0.294. The van der Waals surface area contributed by atoms with Crippen molar-refractivity contribution in [3.8, 4) is 0 Å². The Bertz CT molecular complexity index is 596. The number of benzene rings is 1. The number of ketones is 1. The molecule has 0 aliphatic rings. The summed E-state index contributed by atoms with van der Waals surface area (Å²) in [5.41, 5.74) is 0.682. The van der Waals surface area contributed by atoms with Gasteiger partial charge < -0.3 is 9.73 Å². The van der Waals surface area contributed by atoms with Crippen molar-refractivity contribution in [2.24, 2.45) is 0 Å². The molecule has 0 saturated carbocycles. The van der Waals surface area contributed by atoms with E-state index in [1.165, 1.54) is 11.8 Å². The molecule has 2 rings (SSSR count). The van der Waals surface area contributed by atoms with Gasteiger partial charge in [-0.05, 0) is 19.1 Å². The lowest BCUT2D eigenvalue weighted by atomic mass is 10.2. The van der Waals surface area contributed by atoms with Gasteiger partial charge in [0.1, 0.15) is 5.76 Å². The molecule has 1 amide bonds. The molecule has 0 bridgehead atoms. The zero-order valence-electron chi connectivity index (χ0n) is 12.5. The Morgan fingerprint density at radius 1 is 1.14 bits per heavy atom. The van der Waals surface area contributed by atoms with E-state index in [2.05, 4.69) is 5.32 Å². The van der Waals surface area contributed by atoms with Crippen LogP contribution < -0.4 is 5.32 Å². The van der Waals surface area contributed by atoms with Gasteiger partial charge in [0.05, 0.1) is 17.8 Å². The van der Waals surface area contributed by atoms with Crippen molar-refractivity contribution < 1.29 is 14.0 Å². The number of carbonyl (C=O) groups is 2. The summed E-state index contributed by atoms with van der Waals surface area (Å²) in [6, 6.07) is 12.8. The van der Waals surface area contributed by atoms with Crippen LogP contribution >= 0.6 is 11.8 Å². The Hall–Kier alpha value is -2.01. The number of thioether (sulfide) groups is 1. The third kappa shape index (κ3) is 5.41. The van der Waals surface area contributed by atoms with E-state index < -0.39 is 0 Å². The van der Waals surface area contributed by atoms with Crippen molar-refractivity contribution in [2.45, 2.75) is 19.4 Å². The normalized spacial score (nSPS) is 11.9. The molecule has 1 heterocycles. The molecule has 5 heteroatoms. The first-order valence-corrected chi connectivity index (χ1v) is 8.28. The Morgan fingerprint density at radius 2 is 1.91 bits per heavy atom. The SMILES string of the molecule is C[C@@H](Cc1ccco1)NC(=O)CSCC(=O)c1ccccc1. The fourth-order valence-electron chi connectivity index (χ4n) is 2.04. The standard InChI is InChI=1S/C17H19NO3S/c1-13(10-15-8-5-9-21-15)18-17(20)12-22-11-16(19)14-6-3-2-4-7-14/h2-9,13H,10-12H2,1H3,(H,18,20)/t13-/m0/s1. The van der Waals surface area contributed by atoms with Gasteiger partial charge in [-0.3, -0.25) is 9.59 Å². The van der Waals surface area contributed by atoms with E-state index in [0.29, 0.717) is 17.7 Å². The van der Waals surface area contributed by atoms with E-state index in [4.69, 9.17) is 4.42 Å². The number of rotatable bonds is 8. The van der Waals surface area contributed by atoms with Gasteiger partial charge in [0.25, 0.3) is 0 Å². The van der Waals surface area contributed by atoms with E-state index >= 15 is 0 Å². The first kappa shape index (κ1) is 16.4. The molecule has 0 aliphatic carbocycles. The molecular weight excluding hydrogens is 298 g/mol. The minimum absolute atomic E-state index is 0.00377. The lowest BCUT2D eigenvalue weighted by molar-refractivity contribution is -0.119. The maximum absolute atomic E-state index is 11.9. The summed E-state index contributed by atoms with van der Waals surface area (Å²) in [6.07, 6.45) is 2.28. The third-order valence-corrected chi connectivity index (χ3v) is 3.99. The van der Waals surface area contributed by atoms with Crippen LogP contribution in [0.3, 0.4) is 0 Å². The van der Waals surface area contributed by atoms with Crippen LogP contribution in [0.15, 0.2) is 53.1 Å². The largest absolute Gasteiger partial charge is 0.469 e. The van der Waals surface area contributed by atoms with Crippen molar-refractivity contribution >= 4 is 23.5 Å². The fourth-order valence-corrected chi connectivity index (χ4v) is 2.76. The Kier molecular flexibility index (Phi) is 6.27. The second kappa shape index (κ2) is 8.44. The molecule has 116 valence electrons. The molecule has 0 unspecified atom stereocenters. The summed E-state index contributed by atoms with van der Waals surface area (Å²) in [5, 5.41) is 2.90. The Balaban J connectivity index is 1.66. The Morgan fingerprint density at radius 3 is 2.59 bits per heavy atom. The highest BCUT2D eigenvalue weighted by Crippen LogP contribution is 2.08. The highest BCUT2D eigenvalue weighted by Gasteiger charge is 2.11. The molecule has 1 aromatic heterocycles. The average Bonchev–Trinajstić information content (AvgIpc) is 3.00. The number of carbonyl (C=O) groups excluding carboxylic acids is 2. The number of furan rings is 1. The number of Topliss-reactive ketones (excluding diaryl/α,β-unsaturated/α-hetero) is 1. The molecule has 22 heavy (non-hydrogen) atoms. The highest BCUT2D eigenvalue weighted by atomic mass is 32.2. The van der Waals surface area contributed by atoms with Gasteiger partial charge in [-0.25, -0.2) is 0 Å². The summed E-state index contributed by atoms with van der Waals surface area (Å²) >= 11 is 1.33. The van der Waals surface area contributed by atoms with Crippen molar-refractivity contribution in [1.29, 1.82) is 0 Å². The van der Waals surface area contributed by atoms with Gasteiger partial charge in [-0.2, -0.15) is 0 Å². The molecule has 0 spiro atoms. The summed E-state index contributed by atoms with van der Waals surface area (Å²) in [4.78, 5) is 23.7. The van der Waals surface area contributed by atoms with Crippen molar-refractivity contribution in [2.75, 3.05) is 11.5 Å². The second-order valence-corrected chi connectivity index (χ2v) is 6.02. The van der Waals surface area contributed by atoms with Crippen LogP contribution in [0.1, 0.15) is 23.0 Å². The predicted octanol–water partition coefficient (Wildman–Crippen LogP) is 2.94. The highest BCUT2D eigenvalue weighted by molar-refractivity contribution is 8.00. The van der Waals surface area contributed by atoms with Crippen molar-refractivity contribution in [1.82, 2.24) is 5.32 Å². The monoisotopic (exact) mass is 317 g/mol. The van der Waals surface area contributed by atoms with Crippen LogP contribution in [-0.4, -0.2) is 29.2 Å². The summed E-state index contributed by atoms with van der Waals surface area (Å²) in [5.74, 6) is 1.41. The van der Waals surface area contributed by atoms with Gasteiger partial charge in [0.2, 0.25) is 5.91 Å². The second-order valence-electron chi connectivity index (χ2n) is 5.03. The zero-order chi connectivity index (χ0) is 15.8. The van der Waals surface area contributed by atoms with E-state index in [1.807, 2.05) is 37.3 Å². The van der Waals surface area contributed by atoms with E-state index in [-0.39, 0.29) is 23.5 Å². The summed E-state index contributed by atoms with van der Waals surface area (Å²) < 4.78 is 5.25. The molecule has 1 N–H and O–H groups in total. The molecule has 1 aromatic carbocycles. The molecule has 0 aliphatic heterocycles. The molecule has 4 nitrogen and oxygen atoms in total. The molecule has 0 fully saturated rings. The minimum atomic E-state index is -0.0649. The number of hydrogen-bond acceptors (Lipinski definition) is 4. The van der Waals surface area contributed by atoms with Crippen LogP contribution in [0.4, 0.5) is 0 Å². The number of hydrogen-bond donors (Lipinski definition) is 1. The minimum Gasteiger partial charge on any atom is -0.469 e. The molecule has 0 saturated heterocycles. The maximum Gasteiger partial charge on any atom is 0.230 e. The van der Waals surface area contributed by atoms with Crippen LogP contribution in [0.5, 0.6) is 0 Å². The first-order chi connectivity index (χ1) is 10.6. The zero-order valence-corrected chi connectivity index (χ0v) is 13.3. The summed E-state index contributed by atoms with van der Waals surface area (Å²) in [7, 11) is 0. The predicted molar refractivity (Wildman–Crippen MR) is 88.1 cm³/mol. The molecule has 1 atom stereocenters. The van der Waals surface area contributed by atoms with E-state index in [0.717, 1.165) is 5.76 Å². The first-order valence-electron chi connectivity index (χ1n) is 7.13. The Labute approximate surface area is 134 Å². The van der Waals surface area contributed by atoms with Crippen LogP contribution in [-0.2, 0) is 11.2 Å². The van der Waals surface area contributed by atoms with Gasteiger partial charge >= 0.3 is 0 Å². The average molecular weight is 317 g/mol. The third-order valence-electron chi connectivity index (χ3n) is 3.06. The van der Waals surface area contributed by atoms with Gasteiger partial charge in [-0.15, -0.1) is 11.8 Å². The van der Waals surface area contributed by atoms with Gasteiger partial charge in [0, 0.05) is 18.0 Å². The molecular formula is C17H19NO3S. The van der Waals surface area contributed by atoms with Crippen LogP contribution in [0, 0.1) is 0 Å². The van der Waals surface area contributed by atoms with Crippen LogP contribution in [0.2, 0.25) is 0 Å². The number of amides is 1. The van der Waals surface area contributed by atoms with Gasteiger partial charge in [-0.1, -0.05) is 30.3 Å². The van der Waals surface area contributed by atoms with E-state index in [9.17, 15) is 9.59 Å². The number of nitrogens with one attached hydrogen (secondary N) is 1. The van der Waals surface area contributed by atoms with E-state index in [1.54, 1.807) is 18.4 Å². The maximum atomic E-state index is 11.9. The lowest BCUT2D eigenvalue weighted by Crippen LogP contribution is -2.35. The van der Waals surface area contributed by atoms with Gasteiger partial charge in [0.15, 0.2) is 5.78 Å². The molecule has 0 radical (unpaired) electrons. The smallest absolute Gasteiger partial charge is 0.230 e.